The highest BCUT2D eigenvalue weighted by Gasteiger charge is 2.09. The van der Waals surface area contributed by atoms with Crippen LogP contribution in [0.2, 0.25) is 0 Å². The molecule has 2 rings (SSSR count). The summed E-state index contributed by atoms with van der Waals surface area (Å²) in [6.45, 7) is 7.81. The van der Waals surface area contributed by atoms with Gasteiger partial charge in [0.1, 0.15) is 13.1 Å². The normalized spacial score (nSPS) is 16.5. The van der Waals surface area contributed by atoms with E-state index in [4.69, 9.17) is 4.74 Å². The molecule has 0 bridgehead atoms. The Morgan fingerprint density at radius 3 is 2.21 bits per heavy atom. The molecule has 0 aromatic heterocycles. The molecular formula is C13H21NO4S. The van der Waals surface area contributed by atoms with Crippen LogP contribution in [-0.2, 0) is 20.6 Å². The van der Waals surface area contributed by atoms with Gasteiger partial charge in [0.05, 0.1) is 35.6 Å². The smallest absolute Gasteiger partial charge is 0.101 e. The number of morpholine rings is 1. The summed E-state index contributed by atoms with van der Waals surface area (Å²) in [4.78, 5) is 1.68. The van der Waals surface area contributed by atoms with Gasteiger partial charge in [-0.2, -0.15) is 0 Å². The van der Waals surface area contributed by atoms with Crippen LogP contribution in [-0.4, -0.2) is 45.8 Å². The molecule has 19 heavy (non-hydrogen) atoms. The molecule has 0 unspecified atom stereocenters. The first kappa shape index (κ1) is 16.1. The van der Waals surface area contributed by atoms with Crippen LogP contribution in [0.5, 0.6) is 0 Å². The van der Waals surface area contributed by atoms with Gasteiger partial charge in [0.15, 0.2) is 0 Å². The summed E-state index contributed by atoms with van der Waals surface area (Å²) in [7, 11) is -4.13. The number of ether oxygens (including phenoxy) is 1. The Kier molecular flexibility index (Phi) is 7.01. The Bertz CT molecular complexity index is 441. The van der Waals surface area contributed by atoms with Gasteiger partial charge in [0.2, 0.25) is 0 Å². The van der Waals surface area contributed by atoms with E-state index in [9.17, 15) is 13.0 Å². The van der Waals surface area contributed by atoms with Crippen molar-refractivity contribution in [1.29, 1.82) is 0 Å². The summed E-state index contributed by atoms with van der Waals surface area (Å²) < 4.78 is 35.9. The van der Waals surface area contributed by atoms with Crippen LogP contribution in [0, 0.1) is 0 Å². The van der Waals surface area contributed by atoms with Gasteiger partial charge in [-0.3, -0.25) is 0 Å². The molecule has 0 atom stereocenters. The van der Waals surface area contributed by atoms with Crippen molar-refractivity contribution in [3.8, 4) is 0 Å². The fourth-order valence-electron chi connectivity index (χ4n) is 1.79. The highest BCUT2D eigenvalue weighted by atomic mass is 32.2. The average molecular weight is 287 g/mol. The van der Waals surface area contributed by atoms with E-state index in [2.05, 4.69) is 6.92 Å². The van der Waals surface area contributed by atoms with E-state index in [1.165, 1.54) is 19.6 Å². The Morgan fingerprint density at radius 2 is 1.79 bits per heavy atom. The Hall–Kier alpha value is -0.950. The lowest BCUT2D eigenvalue weighted by Gasteiger charge is -2.21. The highest BCUT2D eigenvalue weighted by molar-refractivity contribution is 7.84. The lowest BCUT2D eigenvalue weighted by atomic mass is 10.2. The molecule has 1 N–H and O–H groups in total. The van der Waals surface area contributed by atoms with Crippen LogP contribution in [0.4, 0.5) is 0 Å². The number of hydrogen-bond acceptors (Lipinski definition) is 4. The van der Waals surface area contributed by atoms with Crippen LogP contribution >= 0.6 is 0 Å². The molecule has 108 valence electrons. The SMILES string of the molecule is CC[NH+]1CCOCC1.O=S(=O)([O-])Cc1ccccc1. The van der Waals surface area contributed by atoms with Gasteiger partial charge in [0.25, 0.3) is 0 Å². The van der Waals surface area contributed by atoms with Gasteiger partial charge in [-0.1, -0.05) is 30.3 Å². The van der Waals surface area contributed by atoms with Crippen molar-refractivity contribution in [2.45, 2.75) is 12.7 Å². The summed E-state index contributed by atoms with van der Waals surface area (Å²) in [6.07, 6.45) is 0. The molecule has 1 aromatic rings. The second-order valence-corrected chi connectivity index (χ2v) is 5.81. The number of benzene rings is 1. The quantitative estimate of drug-likeness (QED) is 0.772. The Morgan fingerprint density at radius 1 is 1.21 bits per heavy atom. The number of nitrogens with one attached hydrogen (secondary N) is 1. The first-order chi connectivity index (χ1) is 9.01. The zero-order chi connectivity index (χ0) is 14.1. The van der Waals surface area contributed by atoms with Gasteiger partial charge in [-0.25, -0.2) is 8.42 Å². The van der Waals surface area contributed by atoms with Crippen molar-refractivity contribution >= 4 is 10.1 Å². The minimum atomic E-state index is -4.13. The number of rotatable bonds is 3. The second kappa shape index (κ2) is 8.27. The van der Waals surface area contributed by atoms with Crippen LogP contribution < -0.4 is 4.90 Å². The summed E-state index contributed by atoms with van der Waals surface area (Å²) >= 11 is 0. The summed E-state index contributed by atoms with van der Waals surface area (Å²) in [5.41, 5.74) is 0.530. The molecule has 6 heteroatoms. The highest BCUT2D eigenvalue weighted by Crippen LogP contribution is 2.02. The Labute approximate surface area is 114 Å². The zero-order valence-electron chi connectivity index (χ0n) is 11.2. The Balaban J connectivity index is 0.000000200. The minimum absolute atomic E-state index is 0.423. The molecule has 0 amide bonds. The fraction of sp³-hybridized carbons (Fsp3) is 0.538. The lowest BCUT2D eigenvalue weighted by Crippen LogP contribution is -3.13. The van der Waals surface area contributed by atoms with Gasteiger partial charge in [0, 0.05) is 0 Å². The molecule has 0 aliphatic carbocycles. The third-order valence-electron chi connectivity index (χ3n) is 2.89. The molecule has 1 aliphatic rings. The van der Waals surface area contributed by atoms with Gasteiger partial charge in [-0.15, -0.1) is 0 Å². The molecule has 1 saturated heterocycles. The van der Waals surface area contributed by atoms with Crippen LogP contribution in [0.15, 0.2) is 30.3 Å². The number of likely N-dealkylation sites (N-methyl/N-ethyl adjacent to an activating group) is 1. The van der Waals surface area contributed by atoms with Crippen LogP contribution in [0.25, 0.3) is 0 Å². The largest absolute Gasteiger partial charge is 0.748 e. The molecule has 5 nitrogen and oxygen atoms in total. The molecular weight excluding hydrogens is 266 g/mol. The molecule has 0 spiro atoms. The maximum absolute atomic E-state index is 10.2. The van der Waals surface area contributed by atoms with E-state index in [1.807, 2.05) is 0 Å². The average Bonchev–Trinajstić information content (AvgIpc) is 2.40. The number of quaternary nitrogens is 1. The van der Waals surface area contributed by atoms with Gasteiger partial charge >= 0.3 is 0 Å². The van der Waals surface area contributed by atoms with Crippen molar-refractivity contribution in [3.05, 3.63) is 35.9 Å². The fourth-order valence-corrected chi connectivity index (χ4v) is 2.39. The summed E-state index contributed by atoms with van der Waals surface area (Å²) in [5.74, 6) is -0.423. The molecule has 1 aliphatic heterocycles. The van der Waals surface area contributed by atoms with Crippen LogP contribution in [0.1, 0.15) is 12.5 Å². The molecule has 1 fully saturated rings. The van der Waals surface area contributed by atoms with Crippen molar-refractivity contribution in [1.82, 2.24) is 0 Å². The third-order valence-corrected chi connectivity index (χ3v) is 3.57. The van der Waals surface area contributed by atoms with E-state index in [0.717, 1.165) is 13.2 Å². The van der Waals surface area contributed by atoms with E-state index in [-0.39, 0.29) is 0 Å². The van der Waals surface area contributed by atoms with Crippen molar-refractivity contribution in [3.63, 3.8) is 0 Å². The second-order valence-electron chi connectivity index (χ2n) is 4.40. The van der Waals surface area contributed by atoms with E-state index < -0.39 is 15.9 Å². The van der Waals surface area contributed by atoms with Crippen molar-refractivity contribution in [2.24, 2.45) is 0 Å². The monoisotopic (exact) mass is 287 g/mol. The van der Waals surface area contributed by atoms with Gasteiger partial charge < -0.3 is 14.2 Å². The van der Waals surface area contributed by atoms with E-state index in [0.29, 0.717) is 5.56 Å². The summed E-state index contributed by atoms with van der Waals surface area (Å²) in [6, 6.07) is 8.37. The third kappa shape index (κ3) is 7.94. The standard InChI is InChI=1S/C7H8O3S.C6H13NO/c8-11(9,10)6-7-4-2-1-3-5-7;1-2-7-3-5-8-6-4-7/h1-5H,6H2,(H,8,9,10);2-6H2,1H3. The molecule has 1 heterocycles. The lowest BCUT2D eigenvalue weighted by molar-refractivity contribution is -0.906. The first-order valence-corrected chi connectivity index (χ1v) is 7.98. The summed E-state index contributed by atoms with van der Waals surface area (Å²) in [5, 5.41) is 0. The topological polar surface area (TPSA) is 70.9 Å². The predicted octanol–water partition coefficient (Wildman–Crippen LogP) is -0.347. The zero-order valence-corrected chi connectivity index (χ0v) is 12.0. The number of hydrogen-bond donors (Lipinski definition) is 1. The van der Waals surface area contributed by atoms with Crippen molar-refractivity contribution in [2.75, 3.05) is 32.8 Å². The van der Waals surface area contributed by atoms with Gasteiger partial charge in [-0.05, 0) is 12.5 Å². The minimum Gasteiger partial charge on any atom is -0.748 e. The van der Waals surface area contributed by atoms with E-state index >= 15 is 0 Å². The maximum atomic E-state index is 10.2. The molecule has 0 radical (unpaired) electrons. The first-order valence-electron chi connectivity index (χ1n) is 6.40. The van der Waals surface area contributed by atoms with Crippen LogP contribution in [0.3, 0.4) is 0 Å². The maximum Gasteiger partial charge on any atom is 0.101 e. The molecule has 0 saturated carbocycles. The van der Waals surface area contributed by atoms with Crippen molar-refractivity contribution < 1.29 is 22.6 Å². The molecule has 1 aromatic carbocycles. The predicted molar refractivity (Wildman–Crippen MR) is 71.9 cm³/mol. The van der Waals surface area contributed by atoms with E-state index in [1.54, 1.807) is 35.2 Å².